The number of hydrogen-bond acceptors (Lipinski definition) is 2. The van der Waals surface area contributed by atoms with E-state index in [-0.39, 0.29) is 11.8 Å². The lowest BCUT2D eigenvalue weighted by molar-refractivity contribution is -0.117. The Hall–Kier alpha value is -2.82. The highest BCUT2D eigenvalue weighted by molar-refractivity contribution is 6.03. The van der Waals surface area contributed by atoms with Gasteiger partial charge in [0.15, 0.2) is 0 Å². The molecule has 2 aromatic rings. The SMILES string of the molecule is Cc1cc(/C=C/C(=O)Nc2cccc(N3CCCC3=O)c2)c(C)n1C1CC1. The van der Waals surface area contributed by atoms with Gasteiger partial charge in [-0.15, -0.1) is 0 Å². The average Bonchev–Trinajstić information content (AvgIpc) is 3.31. The summed E-state index contributed by atoms with van der Waals surface area (Å²) in [6, 6.07) is 10.2. The van der Waals surface area contributed by atoms with Crippen LogP contribution in [0.15, 0.2) is 36.4 Å². The minimum absolute atomic E-state index is 0.143. The van der Waals surface area contributed by atoms with Gasteiger partial charge >= 0.3 is 0 Å². The minimum Gasteiger partial charge on any atom is -0.346 e. The molecule has 1 aliphatic heterocycles. The number of carbonyl (C=O) groups excluding carboxylic acids is 2. The summed E-state index contributed by atoms with van der Waals surface area (Å²) in [4.78, 5) is 26.0. The Morgan fingerprint density at radius 3 is 2.74 bits per heavy atom. The van der Waals surface area contributed by atoms with Gasteiger partial charge in [0, 0.05) is 47.8 Å². The van der Waals surface area contributed by atoms with E-state index < -0.39 is 0 Å². The van der Waals surface area contributed by atoms with Gasteiger partial charge in [-0.2, -0.15) is 0 Å². The van der Waals surface area contributed by atoms with Crippen LogP contribution in [0.2, 0.25) is 0 Å². The third-order valence-electron chi connectivity index (χ3n) is 5.35. The maximum atomic E-state index is 12.3. The Morgan fingerprint density at radius 1 is 1.22 bits per heavy atom. The number of nitrogens with zero attached hydrogens (tertiary/aromatic N) is 2. The monoisotopic (exact) mass is 363 g/mol. The van der Waals surface area contributed by atoms with Crippen molar-refractivity contribution in [2.24, 2.45) is 0 Å². The van der Waals surface area contributed by atoms with Gasteiger partial charge in [-0.05, 0) is 69.0 Å². The molecule has 2 heterocycles. The van der Waals surface area contributed by atoms with Crippen LogP contribution in [0.5, 0.6) is 0 Å². The Labute approximate surface area is 159 Å². The summed E-state index contributed by atoms with van der Waals surface area (Å²) >= 11 is 0. The Kier molecular flexibility index (Phi) is 4.60. The number of carbonyl (C=O) groups is 2. The van der Waals surface area contributed by atoms with Gasteiger partial charge in [0.25, 0.3) is 0 Å². The molecule has 4 rings (SSSR count). The highest BCUT2D eigenvalue weighted by atomic mass is 16.2. The number of rotatable bonds is 5. The van der Waals surface area contributed by atoms with Gasteiger partial charge in [-0.3, -0.25) is 9.59 Å². The van der Waals surface area contributed by atoms with E-state index >= 15 is 0 Å². The fourth-order valence-corrected chi connectivity index (χ4v) is 3.89. The zero-order chi connectivity index (χ0) is 19.0. The van der Waals surface area contributed by atoms with Gasteiger partial charge in [-0.25, -0.2) is 0 Å². The lowest BCUT2D eigenvalue weighted by Gasteiger charge is -2.16. The van der Waals surface area contributed by atoms with Crippen molar-refractivity contribution in [1.29, 1.82) is 0 Å². The fraction of sp³-hybridized carbons (Fsp3) is 0.364. The van der Waals surface area contributed by atoms with E-state index in [0.29, 0.717) is 18.2 Å². The standard InChI is InChI=1S/C22H25N3O2/c1-15-13-17(16(2)25(15)19-9-10-19)8-11-21(26)23-18-5-3-6-20(14-18)24-12-4-7-22(24)27/h3,5-6,8,11,13-14,19H,4,7,9-10,12H2,1-2H3,(H,23,26)/b11-8+. The van der Waals surface area contributed by atoms with Crippen molar-refractivity contribution >= 4 is 29.3 Å². The van der Waals surface area contributed by atoms with E-state index in [9.17, 15) is 9.59 Å². The lowest BCUT2D eigenvalue weighted by Crippen LogP contribution is -2.23. The average molecular weight is 363 g/mol. The molecule has 1 aromatic carbocycles. The van der Waals surface area contributed by atoms with Gasteiger partial charge in [0.1, 0.15) is 0 Å². The second kappa shape index (κ2) is 7.06. The summed E-state index contributed by atoms with van der Waals surface area (Å²) in [6.07, 6.45) is 7.43. The first-order chi connectivity index (χ1) is 13.0. The third-order valence-corrected chi connectivity index (χ3v) is 5.35. The smallest absolute Gasteiger partial charge is 0.248 e. The van der Waals surface area contributed by atoms with Crippen LogP contribution >= 0.6 is 0 Å². The molecule has 140 valence electrons. The van der Waals surface area contributed by atoms with E-state index in [2.05, 4.69) is 29.8 Å². The van der Waals surface area contributed by atoms with Gasteiger partial charge in [-0.1, -0.05) is 6.07 Å². The fourth-order valence-electron chi connectivity index (χ4n) is 3.89. The Bertz CT molecular complexity index is 922. The number of hydrogen-bond donors (Lipinski definition) is 1. The molecule has 0 radical (unpaired) electrons. The van der Waals surface area contributed by atoms with E-state index in [1.165, 1.54) is 24.2 Å². The molecule has 0 unspecified atom stereocenters. The molecule has 2 aliphatic rings. The van der Waals surface area contributed by atoms with Crippen LogP contribution in [-0.4, -0.2) is 22.9 Å². The summed E-state index contributed by atoms with van der Waals surface area (Å²) in [7, 11) is 0. The van der Waals surface area contributed by atoms with E-state index in [1.54, 1.807) is 11.0 Å². The van der Waals surface area contributed by atoms with Crippen molar-refractivity contribution in [3.8, 4) is 0 Å². The first-order valence-corrected chi connectivity index (χ1v) is 9.61. The molecule has 27 heavy (non-hydrogen) atoms. The second-order valence-corrected chi connectivity index (χ2v) is 7.45. The molecule has 5 heteroatoms. The molecular formula is C22H25N3O2. The minimum atomic E-state index is -0.170. The van der Waals surface area contributed by atoms with Crippen LogP contribution in [0.4, 0.5) is 11.4 Å². The normalized spacial score (nSPS) is 17.1. The predicted octanol–water partition coefficient (Wildman–Crippen LogP) is 4.22. The van der Waals surface area contributed by atoms with Crippen molar-refractivity contribution in [3.63, 3.8) is 0 Å². The highest BCUT2D eigenvalue weighted by Crippen LogP contribution is 2.38. The molecule has 0 atom stereocenters. The van der Waals surface area contributed by atoms with Gasteiger partial charge < -0.3 is 14.8 Å². The molecule has 2 fully saturated rings. The van der Waals surface area contributed by atoms with Crippen molar-refractivity contribution in [1.82, 2.24) is 4.57 Å². The van der Waals surface area contributed by atoms with E-state index in [0.717, 1.165) is 24.2 Å². The predicted molar refractivity (Wildman–Crippen MR) is 108 cm³/mol. The molecule has 1 aromatic heterocycles. The molecule has 1 saturated carbocycles. The van der Waals surface area contributed by atoms with Gasteiger partial charge in [0.2, 0.25) is 11.8 Å². The molecule has 0 spiro atoms. The van der Waals surface area contributed by atoms with Crippen molar-refractivity contribution in [2.45, 2.75) is 45.6 Å². The number of nitrogens with one attached hydrogen (secondary N) is 1. The summed E-state index contributed by atoms with van der Waals surface area (Å²) in [5.74, 6) is -0.0273. The molecule has 2 amide bonds. The zero-order valence-electron chi connectivity index (χ0n) is 15.9. The van der Waals surface area contributed by atoms with Gasteiger partial charge in [0.05, 0.1) is 0 Å². The Morgan fingerprint density at radius 2 is 2.04 bits per heavy atom. The topological polar surface area (TPSA) is 54.3 Å². The summed E-state index contributed by atoms with van der Waals surface area (Å²) in [6.45, 7) is 4.97. The number of aryl methyl sites for hydroxylation is 1. The van der Waals surface area contributed by atoms with Crippen LogP contribution < -0.4 is 10.2 Å². The first-order valence-electron chi connectivity index (χ1n) is 9.61. The molecule has 1 aliphatic carbocycles. The molecular weight excluding hydrogens is 338 g/mol. The van der Waals surface area contributed by atoms with Crippen LogP contribution in [-0.2, 0) is 9.59 Å². The highest BCUT2D eigenvalue weighted by Gasteiger charge is 2.26. The molecule has 5 nitrogen and oxygen atoms in total. The summed E-state index contributed by atoms with van der Waals surface area (Å²) < 4.78 is 2.37. The van der Waals surface area contributed by atoms with Crippen LogP contribution in [0.25, 0.3) is 6.08 Å². The van der Waals surface area contributed by atoms with Crippen molar-refractivity contribution < 1.29 is 9.59 Å². The maximum absolute atomic E-state index is 12.3. The van der Waals surface area contributed by atoms with Crippen molar-refractivity contribution in [2.75, 3.05) is 16.8 Å². The molecule has 1 N–H and O–H groups in total. The summed E-state index contributed by atoms with van der Waals surface area (Å²) in [5, 5.41) is 2.90. The zero-order valence-corrected chi connectivity index (χ0v) is 15.9. The second-order valence-electron chi connectivity index (χ2n) is 7.45. The van der Waals surface area contributed by atoms with Crippen LogP contribution in [0.1, 0.15) is 48.7 Å². The number of amides is 2. The Balaban J connectivity index is 1.44. The van der Waals surface area contributed by atoms with E-state index in [1.807, 2.05) is 30.3 Å². The van der Waals surface area contributed by atoms with Crippen molar-refractivity contribution in [3.05, 3.63) is 53.4 Å². The van der Waals surface area contributed by atoms with E-state index in [4.69, 9.17) is 0 Å². The third kappa shape index (κ3) is 3.68. The molecule has 1 saturated heterocycles. The summed E-state index contributed by atoms with van der Waals surface area (Å²) in [5.41, 5.74) is 5.09. The lowest BCUT2D eigenvalue weighted by atomic mass is 10.2. The van der Waals surface area contributed by atoms with Crippen LogP contribution in [0, 0.1) is 13.8 Å². The molecule has 0 bridgehead atoms. The quantitative estimate of drug-likeness (QED) is 0.809. The van der Waals surface area contributed by atoms with Crippen LogP contribution in [0.3, 0.4) is 0 Å². The maximum Gasteiger partial charge on any atom is 0.248 e. The number of aromatic nitrogens is 1. The first kappa shape index (κ1) is 17.6. The largest absolute Gasteiger partial charge is 0.346 e. The number of benzene rings is 1. The number of anilines is 2.